The quantitative estimate of drug-likeness (QED) is 0.384. The first-order valence-corrected chi connectivity index (χ1v) is 8.99. The highest BCUT2D eigenvalue weighted by Crippen LogP contribution is 2.36. The Hall–Kier alpha value is -3.06. The molecular formula is C19H11Cl2F3N4O2. The van der Waals surface area contributed by atoms with Crippen LogP contribution in [-0.4, -0.2) is 17.0 Å². The number of nitrogens with zero attached hydrogens (tertiary/aromatic N) is 2. The molecule has 0 bridgehead atoms. The Kier molecular flexibility index (Phi) is 6.31. The van der Waals surface area contributed by atoms with Crippen molar-refractivity contribution in [3.63, 3.8) is 0 Å². The molecule has 0 aliphatic carbocycles. The van der Waals surface area contributed by atoms with Crippen LogP contribution in [0.5, 0.6) is 0 Å². The Morgan fingerprint density at radius 1 is 1.13 bits per heavy atom. The van der Waals surface area contributed by atoms with E-state index in [2.05, 4.69) is 16.0 Å². The second kappa shape index (κ2) is 8.75. The van der Waals surface area contributed by atoms with E-state index < -0.39 is 28.6 Å². The third kappa shape index (κ3) is 4.91. The molecule has 1 unspecified atom stereocenters. The van der Waals surface area contributed by atoms with Gasteiger partial charge in [0, 0.05) is 22.3 Å². The highest BCUT2D eigenvalue weighted by molar-refractivity contribution is 6.31. The zero-order chi connectivity index (χ0) is 21.9. The standard InChI is InChI=1S/C19H11Cl2F3N4O2/c20-11-3-1-10(2-4-11)17-8-15(28-30-17)18(29)16(9-25)27-26-12-5-6-14(21)13(7-12)19(22,23)24/h1-8,16,26-27H. The summed E-state index contributed by atoms with van der Waals surface area (Å²) in [6.45, 7) is 0. The maximum absolute atomic E-state index is 12.9. The SMILES string of the molecule is N#CC(NNc1ccc(Cl)c(C(F)(F)F)c1)C(=O)c1cc(-c2ccc(Cl)cc2)on1. The van der Waals surface area contributed by atoms with E-state index in [-0.39, 0.29) is 17.1 Å². The van der Waals surface area contributed by atoms with Gasteiger partial charge < -0.3 is 9.95 Å². The van der Waals surface area contributed by atoms with Crippen molar-refractivity contribution in [2.24, 2.45) is 0 Å². The summed E-state index contributed by atoms with van der Waals surface area (Å²) in [4.78, 5) is 12.5. The van der Waals surface area contributed by atoms with Crippen molar-refractivity contribution in [2.45, 2.75) is 12.2 Å². The van der Waals surface area contributed by atoms with Gasteiger partial charge in [-0.2, -0.15) is 18.4 Å². The van der Waals surface area contributed by atoms with E-state index in [0.29, 0.717) is 10.6 Å². The van der Waals surface area contributed by atoms with Crippen molar-refractivity contribution in [3.8, 4) is 17.4 Å². The van der Waals surface area contributed by atoms with Crippen LogP contribution < -0.4 is 10.9 Å². The van der Waals surface area contributed by atoms with E-state index in [1.807, 2.05) is 0 Å². The van der Waals surface area contributed by atoms with Crippen molar-refractivity contribution >= 4 is 34.7 Å². The highest BCUT2D eigenvalue weighted by atomic mass is 35.5. The average Bonchev–Trinajstić information content (AvgIpc) is 3.19. The third-order valence-electron chi connectivity index (χ3n) is 3.92. The van der Waals surface area contributed by atoms with Gasteiger partial charge in [-0.25, -0.2) is 5.43 Å². The van der Waals surface area contributed by atoms with Gasteiger partial charge in [0.25, 0.3) is 0 Å². The molecule has 0 saturated carbocycles. The Balaban J connectivity index is 1.72. The van der Waals surface area contributed by atoms with Crippen LogP contribution in [0.25, 0.3) is 11.3 Å². The summed E-state index contributed by atoms with van der Waals surface area (Å²) in [6, 6.07) is 11.3. The number of carbonyl (C=O) groups excluding carboxylic acids is 1. The van der Waals surface area contributed by atoms with Crippen LogP contribution in [-0.2, 0) is 6.18 Å². The maximum atomic E-state index is 12.9. The molecule has 0 aliphatic heterocycles. The monoisotopic (exact) mass is 454 g/mol. The van der Waals surface area contributed by atoms with Crippen LogP contribution in [0.4, 0.5) is 18.9 Å². The fourth-order valence-corrected chi connectivity index (χ4v) is 2.77. The number of nitrogens with one attached hydrogen (secondary N) is 2. The molecule has 1 heterocycles. The minimum atomic E-state index is -4.65. The van der Waals surface area contributed by atoms with Gasteiger partial charge in [0.15, 0.2) is 17.5 Å². The first kappa shape index (κ1) is 21.6. The Labute approximate surface area is 178 Å². The Morgan fingerprint density at radius 2 is 1.83 bits per heavy atom. The van der Waals surface area contributed by atoms with Gasteiger partial charge >= 0.3 is 6.18 Å². The summed E-state index contributed by atoms with van der Waals surface area (Å²) < 4.78 is 44.0. The predicted octanol–water partition coefficient (Wildman–Crippen LogP) is 5.36. The number of halogens is 5. The summed E-state index contributed by atoms with van der Waals surface area (Å²) >= 11 is 11.4. The fraction of sp³-hybridized carbons (Fsp3) is 0.105. The highest BCUT2D eigenvalue weighted by Gasteiger charge is 2.33. The zero-order valence-corrected chi connectivity index (χ0v) is 16.3. The second-order valence-corrected chi connectivity index (χ2v) is 6.82. The number of aromatic nitrogens is 1. The minimum Gasteiger partial charge on any atom is -0.356 e. The van der Waals surface area contributed by atoms with E-state index in [0.717, 1.165) is 12.1 Å². The number of rotatable bonds is 6. The van der Waals surface area contributed by atoms with Crippen molar-refractivity contribution < 1.29 is 22.5 Å². The Bertz CT molecular complexity index is 1110. The number of hydrogen-bond acceptors (Lipinski definition) is 6. The topological polar surface area (TPSA) is 91.0 Å². The molecule has 0 amide bonds. The first-order chi connectivity index (χ1) is 14.2. The molecule has 0 fully saturated rings. The summed E-state index contributed by atoms with van der Waals surface area (Å²) in [5.41, 5.74) is 4.16. The van der Waals surface area contributed by atoms with Gasteiger partial charge in [-0.3, -0.25) is 4.79 Å². The van der Waals surface area contributed by atoms with Gasteiger partial charge in [0.2, 0.25) is 5.78 Å². The maximum Gasteiger partial charge on any atom is 0.417 e. The van der Waals surface area contributed by atoms with Crippen LogP contribution in [0, 0.1) is 11.3 Å². The molecule has 1 aromatic heterocycles. The van der Waals surface area contributed by atoms with Crippen molar-refractivity contribution in [1.29, 1.82) is 5.26 Å². The fourth-order valence-electron chi connectivity index (χ4n) is 2.42. The lowest BCUT2D eigenvalue weighted by molar-refractivity contribution is -0.137. The van der Waals surface area contributed by atoms with Gasteiger partial charge in [-0.05, 0) is 42.5 Å². The summed E-state index contributed by atoms with van der Waals surface area (Å²) in [7, 11) is 0. The van der Waals surface area contributed by atoms with E-state index in [1.165, 1.54) is 12.1 Å². The molecule has 30 heavy (non-hydrogen) atoms. The van der Waals surface area contributed by atoms with Crippen LogP contribution in [0.3, 0.4) is 0 Å². The van der Waals surface area contributed by atoms with E-state index in [4.69, 9.17) is 27.7 Å². The molecule has 3 rings (SSSR count). The molecule has 2 N–H and O–H groups in total. The van der Waals surface area contributed by atoms with Gasteiger partial charge in [-0.15, -0.1) is 0 Å². The molecule has 154 valence electrons. The number of carbonyl (C=O) groups is 1. The van der Waals surface area contributed by atoms with Crippen LogP contribution >= 0.6 is 23.2 Å². The number of hydrazine groups is 1. The number of ketones is 1. The van der Waals surface area contributed by atoms with Crippen molar-refractivity contribution in [2.75, 3.05) is 5.43 Å². The summed E-state index contributed by atoms with van der Waals surface area (Å²) in [5.74, 6) is -0.453. The lowest BCUT2D eigenvalue weighted by atomic mass is 10.1. The van der Waals surface area contributed by atoms with Gasteiger partial charge in [0.05, 0.1) is 16.7 Å². The number of anilines is 1. The molecule has 0 spiro atoms. The predicted molar refractivity (Wildman–Crippen MR) is 104 cm³/mol. The molecule has 3 aromatic rings. The lowest BCUT2D eigenvalue weighted by Gasteiger charge is -2.14. The van der Waals surface area contributed by atoms with Crippen molar-refractivity contribution in [3.05, 3.63) is 69.8 Å². The number of benzene rings is 2. The van der Waals surface area contributed by atoms with Crippen molar-refractivity contribution in [1.82, 2.24) is 10.6 Å². The first-order valence-electron chi connectivity index (χ1n) is 8.24. The van der Waals surface area contributed by atoms with Gasteiger partial charge in [0.1, 0.15) is 0 Å². The largest absolute Gasteiger partial charge is 0.417 e. The summed E-state index contributed by atoms with van der Waals surface area (Å²) in [6.07, 6.45) is -4.65. The lowest BCUT2D eigenvalue weighted by Crippen LogP contribution is -2.39. The van der Waals surface area contributed by atoms with E-state index >= 15 is 0 Å². The van der Waals surface area contributed by atoms with Crippen LogP contribution in [0.15, 0.2) is 53.1 Å². The molecule has 0 radical (unpaired) electrons. The van der Waals surface area contributed by atoms with E-state index in [1.54, 1.807) is 30.3 Å². The van der Waals surface area contributed by atoms with E-state index in [9.17, 15) is 23.2 Å². The molecule has 0 saturated heterocycles. The second-order valence-electron chi connectivity index (χ2n) is 5.97. The normalized spacial score (nSPS) is 12.3. The number of hydrogen-bond donors (Lipinski definition) is 2. The Morgan fingerprint density at radius 3 is 2.47 bits per heavy atom. The third-order valence-corrected chi connectivity index (χ3v) is 4.50. The molecular weight excluding hydrogens is 444 g/mol. The molecule has 6 nitrogen and oxygen atoms in total. The molecule has 0 aliphatic rings. The van der Waals surface area contributed by atoms with Crippen LogP contribution in [0.1, 0.15) is 16.1 Å². The van der Waals surface area contributed by atoms with Gasteiger partial charge in [-0.1, -0.05) is 28.4 Å². The molecule has 11 heteroatoms. The number of Topliss-reactive ketones (excluding diaryl/α,β-unsaturated/α-hetero) is 1. The summed E-state index contributed by atoms with van der Waals surface area (Å²) in [5, 5.41) is 13.0. The average molecular weight is 455 g/mol. The molecule has 2 aromatic carbocycles. The zero-order valence-electron chi connectivity index (χ0n) is 14.8. The smallest absolute Gasteiger partial charge is 0.356 e. The van der Waals surface area contributed by atoms with Crippen LogP contribution in [0.2, 0.25) is 10.0 Å². The number of nitriles is 1. The molecule has 1 atom stereocenters. The minimum absolute atomic E-state index is 0.0400. The number of alkyl halides is 3.